The Balaban J connectivity index is 1.67. The molecule has 1 N–H and O–H groups in total. The number of esters is 1. The van der Waals surface area contributed by atoms with Gasteiger partial charge in [0.2, 0.25) is 5.76 Å². The van der Waals surface area contributed by atoms with Crippen LogP contribution in [0.1, 0.15) is 16.1 Å². The molecule has 116 valence electrons. The van der Waals surface area contributed by atoms with Crippen LogP contribution in [0.15, 0.2) is 45.5 Å². The van der Waals surface area contributed by atoms with Gasteiger partial charge in [-0.05, 0) is 52.2 Å². The highest BCUT2D eigenvalue weighted by Crippen LogP contribution is 2.14. The van der Waals surface area contributed by atoms with Crippen LogP contribution in [0.25, 0.3) is 0 Å². The molecule has 1 heterocycles. The van der Waals surface area contributed by atoms with Gasteiger partial charge in [0.15, 0.2) is 11.3 Å². The fourth-order valence-electron chi connectivity index (χ4n) is 1.67. The van der Waals surface area contributed by atoms with Gasteiger partial charge in [0.1, 0.15) is 0 Å². The Morgan fingerprint density at radius 1 is 1.18 bits per heavy atom. The van der Waals surface area contributed by atoms with Gasteiger partial charge in [-0.25, -0.2) is 4.79 Å². The predicted octanol–water partition coefficient (Wildman–Crippen LogP) is 3.21. The van der Waals surface area contributed by atoms with Crippen molar-refractivity contribution in [2.24, 2.45) is 0 Å². The van der Waals surface area contributed by atoms with E-state index in [1.807, 2.05) is 12.1 Å². The molecule has 1 aromatic heterocycles. The van der Waals surface area contributed by atoms with Gasteiger partial charge in [-0.2, -0.15) is 0 Å². The first kappa shape index (κ1) is 16.6. The molecule has 0 radical (unpaired) electrons. The van der Waals surface area contributed by atoms with E-state index in [9.17, 15) is 9.59 Å². The molecule has 5 nitrogen and oxygen atoms in total. The Morgan fingerprint density at radius 3 is 2.55 bits per heavy atom. The number of hydrogen-bond acceptors (Lipinski definition) is 4. The first-order valence-corrected chi connectivity index (χ1v) is 7.65. The zero-order valence-electron chi connectivity index (χ0n) is 11.5. The van der Waals surface area contributed by atoms with Crippen molar-refractivity contribution in [2.45, 2.75) is 6.42 Å². The second-order valence-electron chi connectivity index (χ2n) is 4.41. The summed E-state index contributed by atoms with van der Waals surface area (Å²) in [6.07, 6.45) is 0.669. The minimum Gasteiger partial charge on any atom is -0.450 e. The summed E-state index contributed by atoms with van der Waals surface area (Å²) >= 11 is 8.87. The van der Waals surface area contributed by atoms with Crippen molar-refractivity contribution in [3.63, 3.8) is 0 Å². The Morgan fingerprint density at radius 2 is 1.91 bits per heavy atom. The first-order chi connectivity index (χ1) is 10.5. The average Bonchev–Trinajstić information content (AvgIpc) is 2.93. The fraction of sp³-hybridized carbons (Fsp3) is 0.200. The minimum absolute atomic E-state index is 0.0424. The van der Waals surface area contributed by atoms with Gasteiger partial charge in [-0.1, -0.05) is 23.7 Å². The lowest BCUT2D eigenvalue weighted by Gasteiger charge is -2.06. The summed E-state index contributed by atoms with van der Waals surface area (Å²) < 4.78 is 10.3. The highest BCUT2D eigenvalue weighted by Gasteiger charge is 2.13. The van der Waals surface area contributed by atoms with E-state index >= 15 is 0 Å². The molecule has 0 fully saturated rings. The van der Waals surface area contributed by atoms with Crippen molar-refractivity contribution in [3.8, 4) is 0 Å². The number of benzene rings is 1. The van der Waals surface area contributed by atoms with E-state index in [4.69, 9.17) is 20.8 Å². The third kappa shape index (κ3) is 5.20. The molecular formula is C15H13BrClNO4. The third-order valence-electron chi connectivity index (χ3n) is 2.76. The van der Waals surface area contributed by atoms with Gasteiger partial charge in [0.05, 0.1) is 0 Å². The molecule has 22 heavy (non-hydrogen) atoms. The summed E-state index contributed by atoms with van der Waals surface area (Å²) in [5.41, 5.74) is 1.06. The Labute approximate surface area is 140 Å². The second kappa shape index (κ2) is 8.00. The van der Waals surface area contributed by atoms with Crippen molar-refractivity contribution < 1.29 is 18.7 Å². The van der Waals surface area contributed by atoms with Crippen LogP contribution >= 0.6 is 27.5 Å². The number of nitrogens with one attached hydrogen (secondary N) is 1. The van der Waals surface area contributed by atoms with Crippen LogP contribution in [0.5, 0.6) is 0 Å². The third-order valence-corrected chi connectivity index (χ3v) is 3.44. The van der Waals surface area contributed by atoms with E-state index in [0.29, 0.717) is 22.7 Å². The summed E-state index contributed by atoms with van der Waals surface area (Å²) in [6, 6.07) is 10.4. The molecule has 0 saturated carbocycles. The number of rotatable bonds is 6. The highest BCUT2D eigenvalue weighted by molar-refractivity contribution is 9.10. The molecule has 2 rings (SSSR count). The summed E-state index contributed by atoms with van der Waals surface area (Å²) in [7, 11) is 0. The Kier molecular flexibility index (Phi) is 6.03. The average molecular weight is 387 g/mol. The SMILES string of the molecule is O=C(COC(=O)c1ccc(Br)o1)NCCc1ccc(Cl)cc1. The van der Waals surface area contributed by atoms with Crippen molar-refractivity contribution in [1.82, 2.24) is 5.32 Å². The fourth-order valence-corrected chi connectivity index (χ4v) is 2.11. The van der Waals surface area contributed by atoms with Crippen molar-refractivity contribution in [1.29, 1.82) is 0 Å². The number of amides is 1. The number of halogens is 2. The lowest BCUT2D eigenvalue weighted by Crippen LogP contribution is -2.30. The molecule has 0 aliphatic rings. The Bertz CT molecular complexity index is 654. The topological polar surface area (TPSA) is 68.5 Å². The molecule has 2 aromatic rings. The van der Waals surface area contributed by atoms with E-state index < -0.39 is 5.97 Å². The van der Waals surface area contributed by atoms with Crippen LogP contribution in [-0.4, -0.2) is 25.0 Å². The monoisotopic (exact) mass is 385 g/mol. The standard InChI is InChI=1S/C15H13BrClNO4/c16-13-6-5-12(22-13)15(20)21-9-14(19)18-8-7-10-1-3-11(17)4-2-10/h1-6H,7-9H2,(H,18,19). The lowest BCUT2D eigenvalue weighted by molar-refractivity contribution is -0.124. The number of ether oxygens (including phenoxy) is 1. The van der Waals surface area contributed by atoms with Crippen LogP contribution in [-0.2, 0) is 16.0 Å². The molecule has 7 heteroatoms. The van der Waals surface area contributed by atoms with E-state index in [1.165, 1.54) is 6.07 Å². The van der Waals surface area contributed by atoms with Gasteiger partial charge in [-0.3, -0.25) is 4.79 Å². The maximum atomic E-state index is 11.6. The maximum Gasteiger partial charge on any atom is 0.374 e. The second-order valence-corrected chi connectivity index (χ2v) is 5.62. The molecule has 1 aromatic carbocycles. The zero-order chi connectivity index (χ0) is 15.9. The van der Waals surface area contributed by atoms with Crippen molar-refractivity contribution in [2.75, 3.05) is 13.2 Å². The summed E-state index contributed by atoms with van der Waals surface area (Å²) in [4.78, 5) is 23.1. The molecule has 0 bridgehead atoms. The zero-order valence-corrected chi connectivity index (χ0v) is 13.8. The molecule has 0 aliphatic heterocycles. The van der Waals surface area contributed by atoms with Gasteiger partial charge in [-0.15, -0.1) is 0 Å². The minimum atomic E-state index is -0.682. The first-order valence-electron chi connectivity index (χ1n) is 6.48. The highest BCUT2D eigenvalue weighted by atomic mass is 79.9. The molecule has 1 amide bonds. The number of hydrogen-bond donors (Lipinski definition) is 1. The van der Waals surface area contributed by atoms with Gasteiger partial charge < -0.3 is 14.5 Å². The van der Waals surface area contributed by atoms with Crippen molar-refractivity contribution >= 4 is 39.4 Å². The number of furan rings is 1. The number of carbonyl (C=O) groups is 2. The van der Waals surface area contributed by atoms with Gasteiger partial charge >= 0.3 is 5.97 Å². The Hall–Kier alpha value is -1.79. The largest absolute Gasteiger partial charge is 0.450 e. The van der Waals surface area contributed by atoms with Crippen LogP contribution in [0, 0.1) is 0 Å². The van der Waals surface area contributed by atoms with Crippen molar-refractivity contribution in [3.05, 3.63) is 57.4 Å². The molecule has 0 unspecified atom stereocenters. The molecule has 0 spiro atoms. The molecule has 0 saturated heterocycles. The van der Waals surface area contributed by atoms with Gasteiger partial charge in [0.25, 0.3) is 5.91 Å². The molecule has 0 aliphatic carbocycles. The summed E-state index contributed by atoms with van der Waals surface area (Å²) in [5.74, 6) is -1.01. The predicted molar refractivity (Wildman–Crippen MR) is 84.9 cm³/mol. The summed E-state index contributed by atoms with van der Waals surface area (Å²) in [6.45, 7) is 0.0993. The normalized spacial score (nSPS) is 10.3. The van der Waals surface area contributed by atoms with Gasteiger partial charge in [0, 0.05) is 11.6 Å². The van der Waals surface area contributed by atoms with E-state index in [1.54, 1.807) is 18.2 Å². The van der Waals surface area contributed by atoms with Crippen LogP contribution in [0.3, 0.4) is 0 Å². The molecule has 0 atom stereocenters. The van der Waals surface area contributed by atoms with Crippen LogP contribution < -0.4 is 5.32 Å². The van der Waals surface area contributed by atoms with E-state index in [-0.39, 0.29) is 18.3 Å². The van der Waals surface area contributed by atoms with E-state index in [2.05, 4.69) is 21.2 Å². The number of carbonyl (C=O) groups excluding carboxylic acids is 2. The summed E-state index contributed by atoms with van der Waals surface area (Å²) in [5, 5.41) is 3.34. The quantitative estimate of drug-likeness (QED) is 0.774. The van der Waals surface area contributed by atoms with Crippen LogP contribution in [0.4, 0.5) is 0 Å². The molecular weight excluding hydrogens is 374 g/mol. The smallest absolute Gasteiger partial charge is 0.374 e. The van der Waals surface area contributed by atoms with Crippen LogP contribution in [0.2, 0.25) is 5.02 Å². The maximum absolute atomic E-state index is 11.6. The van der Waals surface area contributed by atoms with E-state index in [0.717, 1.165) is 5.56 Å². The lowest BCUT2D eigenvalue weighted by atomic mass is 10.1.